The topological polar surface area (TPSA) is 67.2 Å². The van der Waals surface area contributed by atoms with Crippen LogP contribution in [-0.2, 0) is 16.4 Å². The van der Waals surface area contributed by atoms with Gasteiger partial charge in [0.05, 0.1) is 4.90 Å². The average molecular weight is 389 g/mol. The fraction of sp³-hybridized carbons (Fsp3) is 0.0870. The van der Waals surface area contributed by atoms with Crippen LogP contribution in [0.3, 0.4) is 0 Å². The van der Waals surface area contributed by atoms with E-state index in [-0.39, 0.29) is 9.80 Å². The van der Waals surface area contributed by atoms with Gasteiger partial charge in [0.25, 0.3) is 0 Å². The first-order valence-electron chi connectivity index (χ1n) is 8.69. The van der Waals surface area contributed by atoms with Crippen LogP contribution in [0.2, 0.25) is 0 Å². The van der Waals surface area contributed by atoms with E-state index < -0.39 is 9.84 Å². The molecule has 0 aromatic heterocycles. The Morgan fingerprint density at radius 3 is 2.36 bits per heavy atom. The van der Waals surface area contributed by atoms with E-state index in [1.807, 2.05) is 25.1 Å². The summed E-state index contributed by atoms with van der Waals surface area (Å²) in [6.07, 6.45) is 1.37. The average Bonchev–Trinajstić information content (AvgIpc) is 2.72. The van der Waals surface area contributed by atoms with Crippen LogP contribution in [-0.4, -0.2) is 8.42 Å². The first-order valence-corrected chi connectivity index (χ1v) is 10.2. The molecule has 0 aliphatic heterocycles. The van der Waals surface area contributed by atoms with E-state index in [1.54, 1.807) is 48.5 Å². The molecule has 0 aliphatic rings. The number of aryl methyl sites for hydroxylation is 1. The minimum absolute atomic E-state index is 0.0981. The lowest BCUT2D eigenvalue weighted by atomic mass is 10.1. The zero-order valence-corrected chi connectivity index (χ0v) is 16.2. The van der Waals surface area contributed by atoms with Crippen LogP contribution >= 0.6 is 0 Å². The monoisotopic (exact) mass is 389 g/mol. The van der Waals surface area contributed by atoms with Gasteiger partial charge in [-0.3, -0.25) is 0 Å². The lowest BCUT2D eigenvalue weighted by Gasteiger charge is -2.07. The van der Waals surface area contributed by atoms with Crippen molar-refractivity contribution in [3.63, 3.8) is 0 Å². The molecule has 0 bridgehead atoms. The van der Waals surface area contributed by atoms with Crippen LogP contribution in [0.15, 0.2) is 88.7 Å². The van der Waals surface area contributed by atoms with Crippen molar-refractivity contribution in [1.29, 1.82) is 5.26 Å². The summed E-state index contributed by atoms with van der Waals surface area (Å²) in [5.41, 5.74) is 2.86. The van der Waals surface area contributed by atoms with Crippen LogP contribution < -0.4 is 4.74 Å². The van der Waals surface area contributed by atoms with Gasteiger partial charge in [-0.15, -0.1) is 0 Å². The molecule has 0 N–H and O–H groups in total. The quantitative estimate of drug-likeness (QED) is 0.562. The predicted octanol–water partition coefficient (Wildman–Crippen LogP) is 4.91. The fourth-order valence-electron chi connectivity index (χ4n) is 2.68. The van der Waals surface area contributed by atoms with E-state index in [1.165, 1.54) is 23.8 Å². The molecule has 0 radical (unpaired) electrons. The minimum atomic E-state index is -3.84. The van der Waals surface area contributed by atoms with Crippen molar-refractivity contribution in [3.8, 4) is 11.8 Å². The second kappa shape index (κ2) is 8.55. The van der Waals surface area contributed by atoms with Gasteiger partial charge in [-0.05, 0) is 48.4 Å². The molecule has 0 aliphatic carbocycles. The Labute approximate surface area is 165 Å². The lowest BCUT2D eigenvalue weighted by molar-refractivity contribution is 0.306. The molecule has 140 valence electrons. The molecule has 0 fully saturated rings. The third kappa shape index (κ3) is 4.67. The summed E-state index contributed by atoms with van der Waals surface area (Å²) < 4.78 is 31.0. The molecular weight excluding hydrogens is 370 g/mol. The summed E-state index contributed by atoms with van der Waals surface area (Å²) in [5, 5.41) is 9.35. The Morgan fingerprint density at radius 1 is 1.00 bits per heavy atom. The minimum Gasteiger partial charge on any atom is -0.489 e. The van der Waals surface area contributed by atoms with E-state index in [4.69, 9.17) is 4.74 Å². The molecule has 5 heteroatoms. The predicted molar refractivity (Wildman–Crippen MR) is 109 cm³/mol. The highest BCUT2D eigenvalue weighted by Gasteiger charge is 2.20. The van der Waals surface area contributed by atoms with Crippen LogP contribution in [0.4, 0.5) is 0 Å². The van der Waals surface area contributed by atoms with Crippen molar-refractivity contribution in [3.05, 3.63) is 100 Å². The van der Waals surface area contributed by atoms with Gasteiger partial charge in [-0.2, -0.15) is 5.26 Å². The number of nitrogens with zero attached hydrogens (tertiary/aromatic N) is 1. The van der Waals surface area contributed by atoms with E-state index in [0.29, 0.717) is 17.9 Å². The number of sulfone groups is 1. The number of ether oxygens (including phenoxy) is 1. The molecule has 0 spiro atoms. The third-order valence-corrected chi connectivity index (χ3v) is 5.80. The zero-order chi connectivity index (χ0) is 20.0. The molecule has 28 heavy (non-hydrogen) atoms. The van der Waals surface area contributed by atoms with Gasteiger partial charge in [0, 0.05) is 0 Å². The molecule has 0 heterocycles. The maximum atomic E-state index is 12.6. The Kier molecular flexibility index (Phi) is 5.93. The number of allylic oxidation sites excluding steroid dienone is 1. The fourth-order valence-corrected chi connectivity index (χ4v) is 3.86. The number of rotatable bonds is 6. The molecule has 4 nitrogen and oxygen atoms in total. The Bertz CT molecular complexity index is 1130. The summed E-state index contributed by atoms with van der Waals surface area (Å²) in [6, 6.07) is 24.8. The molecule has 0 saturated carbocycles. The number of hydrogen-bond donors (Lipinski definition) is 0. The first-order chi connectivity index (χ1) is 13.5. The van der Waals surface area contributed by atoms with Gasteiger partial charge < -0.3 is 4.74 Å². The summed E-state index contributed by atoms with van der Waals surface area (Å²) in [5.74, 6) is 0.670. The maximum absolute atomic E-state index is 12.6. The van der Waals surface area contributed by atoms with Crippen LogP contribution in [0.1, 0.15) is 16.7 Å². The van der Waals surface area contributed by atoms with Crippen molar-refractivity contribution >= 4 is 15.9 Å². The van der Waals surface area contributed by atoms with Gasteiger partial charge in [0.15, 0.2) is 0 Å². The summed E-state index contributed by atoms with van der Waals surface area (Å²) in [4.78, 5) is -0.201. The van der Waals surface area contributed by atoms with E-state index >= 15 is 0 Å². The standard InChI is InChI=1S/C23H19NO3S/c1-18-6-5-7-20(14-18)17-27-21-12-10-19(11-13-21)15-23(16-24)28(25,26)22-8-3-2-4-9-22/h2-15H,17H2,1H3. The SMILES string of the molecule is Cc1cccc(COc2ccc(C=C(C#N)S(=O)(=O)c3ccccc3)cc2)c1. The molecule has 3 rings (SSSR count). The van der Waals surface area contributed by atoms with Crippen LogP contribution in [0.25, 0.3) is 6.08 Å². The third-order valence-electron chi connectivity index (χ3n) is 4.12. The summed E-state index contributed by atoms with van der Waals surface area (Å²) in [6.45, 7) is 2.48. The van der Waals surface area contributed by atoms with Crippen LogP contribution in [0.5, 0.6) is 5.75 Å². The maximum Gasteiger partial charge on any atom is 0.216 e. The van der Waals surface area contributed by atoms with Crippen molar-refractivity contribution in [2.24, 2.45) is 0 Å². The van der Waals surface area contributed by atoms with Gasteiger partial charge in [0.1, 0.15) is 23.3 Å². The van der Waals surface area contributed by atoms with E-state index in [9.17, 15) is 13.7 Å². The van der Waals surface area contributed by atoms with Crippen LogP contribution in [0, 0.1) is 18.3 Å². The molecule has 0 saturated heterocycles. The van der Waals surface area contributed by atoms with Gasteiger partial charge in [-0.1, -0.05) is 60.2 Å². The van der Waals surface area contributed by atoms with E-state index in [2.05, 4.69) is 6.07 Å². The number of nitriles is 1. The second-order valence-corrected chi connectivity index (χ2v) is 8.20. The van der Waals surface area contributed by atoms with E-state index in [0.717, 1.165) is 5.56 Å². The second-order valence-electron chi connectivity index (χ2n) is 6.28. The molecule has 3 aromatic rings. The van der Waals surface area contributed by atoms with Crippen molar-refractivity contribution in [1.82, 2.24) is 0 Å². The lowest BCUT2D eigenvalue weighted by Crippen LogP contribution is -2.03. The van der Waals surface area contributed by atoms with Gasteiger partial charge in [-0.25, -0.2) is 8.42 Å². The van der Waals surface area contributed by atoms with Gasteiger partial charge >= 0.3 is 0 Å². The van der Waals surface area contributed by atoms with Crippen molar-refractivity contribution < 1.29 is 13.2 Å². The largest absolute Gasteiger partial charge is 0.489 e. The molecule has 0 amide bonds. The Morgan fingerprint density at radius 2 is 1.71 bits per heavy atom. The zero-order valence-electron chi connectivity index (χ0n) is 15.4. The number of hydrogen-bond acceptors (Lipinski definition) is 4. The molecule has 0 unspecified atom stereocenters. The van der Waals surface area contributed by atoms with Gasteiger partial charge in [0.2, 0.25) is 9.84 Å². The Hall–Kier alpha value is -3.36. The van der Waals surface area contributed by atoms with Crippen molar-refractivity contribution in [2.45, 2.75) is 18.4 Å². The highest BCUT2D eigenvalue weighted by atomic mass is 32.2. The highest BCUT2D eigenvalue weighted by molar-refractivity contribution is 7.95. The smallest absolute Gasteiger partial charge is 0.216 e. The first kappa shape index (κ1) is 19.4. The molecule has 0 atom stereocenters. The Balaban J connectivity index is 1.76. The normalized spacial score (nSPS) is 11.6. The molecule has 3 aromatic carbocycles. The number of benzene rings is 3. The highest BCUT2D eigenvalue weighted by Crippen LogP contribution is 2.22. The summed E-state index contributed by atoms with van der Waals surface area (Å²) in [7, 11) is -3.84. The van der Waals surface area contributed by atoms with Crippen molar-refractivity contribution in [2.75, 3.05) is 0 Å². The summed E-state index contributed by atoms with van der Waals surface area (Å²) >= 11 is 0. The molecular formula is C23H19NO3S.